The number of carboxylic acid groups (broad SMARTS) is 1. The summed E-state index contributed by atoms with van der Waals surface area (Å²) >= 11 is 3.35. The molecular weight excluding hydrogens is 220 g/mol. The number of aliphatic carboxylic acids is 1. The molecular formula is C9H17BrO2. The molecule has 3 heteroatoms. The van der Waals surface area contributed by atoms with Crippen molar-refractivity contribution in [2.45, 2.75) is 50.3 Å². The summed E-state index contributed by atoms with van der Waals surface area (Å²) in [6.07, 6.45) is 6.06. The van der Waals surface area contributed by atoms with Gasteiger partial charge in [-0.15, -0.1) is 0 Å². The third-order valence-corrected chi connectivity index (χ3v) is 2.55. The summed E-state index contributed by atoms with van der Waals surface area (Å²) in [4.78, 5) is 10.4. The highest BCUT2D eigenvalue weighted by molar-refractivity contribution is 9.09. The lowest BCUT2D eigenvalue weighted by molar-refractivity contribution is -0.136. The molecule has 72 valence electrons. The molecule has 0 amide bonds. The molecule has 0 radical (unpaired) electrons. The number of carbonyl (C=O) groups is 1. The number of hydrogen-bond acceptors (Lipinski definition) is 1. The average molecular weight is 237 g/mol. The van der Waals surface area contributed by atoms with Crippen molar-refractivity contribution in [1.29, 1.82) is 0 Å². The first-order chi connectivity index (χ1) is 5.66. The van der Waals surface area contributed by atoms with Gasteiger partial charge in [0, 0.05) is 4.83 Å². The van der Waals surface area contributed by atoms with Gasteiger partial charge in [-0.2, -0.15) is 0 Å². The van der Waals surface area contributed by atoms with Gasteiger partial charge in [-0.25, -0.2) is 0 Å². The van der Waals surface area contributed by atoms with Crippen LogP contribution < -0.4 is 0 Å². The molecule has 0 rings (SSSR count). The predicted molar refractivity (Wildman–Crippen MR) is 53.7 cm³/mol. The Bertz CT molecular complexity index is 126. The summed E-state index contributed by atoms with van der Waals surface area (Å²) in [6.45, 7) is 2.17. The Kier molecular flexibility index (Phi) is 7.56. The van der Waals surface area contributed by atoms with E-state index in [1.54, 1.807) is 0 Å². The van der Waals surface area contributed by atoms with Crippen molar-refractivity contribution in [1.82, 2.24) is 0 Å². The number of rotatable bonds is 7. The van der Waals surface area contributed by atoms with Crippen LogP contribution in [-0.4, -0.2) is 15.9 Å². The number of unbranched alkanes of at least 4 members (excludes halogenated alkanes) is 3. The van der Waals surface area contributed by atoms with E-state index in [9.17, 15) is 4.79 Å². The first-order valence-electron chi connectivity index (χ1n) is 4.52. The van der Waals surface area contributed by atoms with E-state index in [0.717, 1.165) is 12.8 Å². The van der Waals surface area contributed by atoms with Crippen LogP contribution in [0.4, 0.5) is 0 Å². The van der Waals surface area contributed by atoms with Gasteiger partial charge in [0.25, 0.3) is 0 Å². The number of carboxylic acids is 1. The monoisotopic (exact) mass is 236 g/mol. The van der Waals surface area contributed by atoms with Crippen molar-refractivity contribution < 1.29 is 9.90 Å². The second-order valence-electron chi connectivity index (χ2n) is 3.04. The van der Waals surface area contributed by atoms with E-state index in [0.29, 0.717) is 0 Å². The van der Waals surface area contributed by atoms with Gasteiger partial charge in [0.2, 0.25) is 0 Å². The molecule has 0 aromatic rings. The molecule has 0 saturated carbocycles. The minimum absolute atomic E-state index is 0.159. The van der Waals surface area contributed by atoms with Crippen molar-refractivity contribution in [3.63, 3.8) is 0 Å². The van der Waals surface area contributed by atoms with Crippen molar-refractivity contribution in [2.75, 3.05) is 0 Å². The van der Waals surface area contributed by atoms with Crippen molar-refractivity contribution in [3.8, 4) is 0 Å². The largest absolute Gasteiger partial charge is 0.481 e. The number of halogens is 1. The van der Waals surface area contributed by atoms with E-state index in [2.05, 4.69) is 22.9 Å². The average Bonchev–Trinajstić information content (AvgIpc) is 1.97. The predicted octanol–water partition coefficient (Wildman–Crippen LogP) is 3.20. The summed E-state index contributed by atoms with van der Waals surface area (Å²) in [6, 6.07) is 0. The maximum Gasteiger partial charge on any atom is 0.304 e. The second-order valence-corrected chi connectivity index (χ2v) is 4.34. The van der Waals surface area contributed by atoms with Crippen LogP contribution in [0.25, 0.3) is 0 Å². The van der Waals surface area contributed by atoms with Gasteiger partial charge in [-0.3, -0.25) is 4.79 Å². The van der Waals surface area contributed by atoms with Crippen molar-refractivity contribution >= 4 is 21.9 Å². The Hall–Kier alpha value is -0.0500. The molecule has 1 N–H and O–H groups in total. The Morgan fingerprint density at radius 2 is 2.08 bits per heavy atom. The Labute approximate surface area is 82.5 Å². The van der Waals surface area contributed by atoms with Gasteiger partial charge in [-0.1, -0.05) is 48.5 Å². The lowest BCUT2D eigenvalue weighted by atomic mass is 10.1. The van der Waals surface area contributed by atoms with Crippen LogP contribution >= 0.6 is 15.9 Å². The van der Waals surface area contributed by atoms with Gasteiger partial charge in [0.15, 0.2) is 0 Å². The van der Waals surface area contributed by atoms with Crippen LogP contribution in [0.1, 0.15) is 45.4 Å². The summed E-state index contributed by atoms with van der Waals surface area (Å²) in [5.41, 5.74) is 0. The quantitative estimate of drug-likeness (QED) is 0.545. The lowest BCUT2D eigenvalue weighted by Crippen LogP contribution is -2.06. The zero-order chi connectivity index (χ0) is 9.40. The second kappa shape index (κ2) is 7.59. The van der Waals surface area contributed by atoms with Crippen LogP contribution in [0.5, 0.6) is 0 Å². The fourth-order valence-electron chi connectivity index (χ4n) is 1.08. The minimum Gasteiger partial charge on any atom is -0.481 e. The maximum atomic E-state index is 10.3. The fraction of sp³-hybridized carbons (Fsp3) is 0.889. The van der Waals surface area contributed by atoms with Crippen molar-refractivity contribution in [3.05, 3.63) is 0 Å². The molecule has 0 aliphatic heterocycles. The number of hydrogen-bond donors (Lipinski definition) is 1. The zero-order valence-electron chi connectivity index (χ0n) is 7.55. The SMILES string of the molecule is CCCCCCC(Br)CC(=O)O. The smallest absolute Gasteiger partial charge is 0.304 e. The van der Waals surface area contributed by atoms with E-state index in [1.165, 1.54) is 19.3 Å². The van der Waals surface area contributed by atoms with Gasteiger partial charge in [-0.05, 0) is 6.42 Å². The Balaban J connectivity index is 3.19. The highest BCUT2D eigenvalue weighted by Crippen LogP contribution is 2.14. The van der Waals surface area contributed by atoms with Gasteiger partial charge in [0.05, 0.1) is 6.42 Å². The third-order valence-electron chi connectivity index (χ3n) is 1.77. The first kappa shape index (κ1) is 11.9. The molecule has 0 bridgehead atoms. The van der Waals surface area contributed by atoms with E-state index in [-0.39, 0.29) is 11.2 Å². The molecule has 0 aromatic carbocycles. The molecule has 0 fully saturated rings. The highest BCUT2D eigenvalue weighted by atomic mass is 79.9. The van der Waals surface area contributed by atoms with Crippen LogP contribution in [-0.2, 0) is 4.79 Å². The molecule has 0 saturated heterocycles. The highest BCUT2D eigenvalue weighted by Gasteiger charge is 2.07. The van der Waals surface area contributed by atoms with Crippen LogP contribution in [0, 0.1) is 0 Å². The molecule has 0 aliphatic rings. The molecule has 0 aromatic heterocycles. The van der Waals surface area contributed by atoms with E-state index in [1.807, 2.05) is 0 Å². The third kappa shape index (κ3) is 8.05. The maximum absolute atomic E-state index is 10.3. The van der Waals surface area contributed by atoms with Crippen molar-refractivity contribution in [2.24, 2.45) is 0 Å². The van der Waals surface area contributed by atoms with Crippen LogP contribution in [0.2, 0.25) is 0 Å². The Morgan fingerprint density at radius 3 is 2.58 bits per heavy atom. The van der Waals surface area contributed by atoms with Gasteiger partial charge >= 0.3 is 5.97 Å². The molecule has 12 heavy (non-hydrogen) atoms. The van der Waals surface area contributed by atoms with Crippen LogP contribution in [0.15, 0.2) is 0 Å². The summed E-state index contributed by atoms with van der Waals surface area (Å²) in [5, 5.41) is 8.46. The molecule has 0 heterocycles. The van der Waals surface area contributed by atoms with E-state index < -0.39 is 5.97 Å². The molecule has 1 unspecified atom stereocenters. The molecule has 2 nitrogen and oxygen atoms in total. The summed E-state index contributed by atoms with van der Waals surface area (Å²) < 4.78 is 0. The molecule has 0 spiro atoms. The van der Waals surface area contributed by atoms with Gasteiger partial charge in [0.1, 0.15) is 0 Å². The topological polar surface area (TPSA) is 37.3 Å². The molecule has 0 aliphatic carbocycles. The zero-order valence-corrected chi connectivity index (χ0v) is 9.14. The first-order valence-corrected chi connectivity index (χ1v) is 5.44. The Morgan fingerprint density at radius 1 is 1.42 bits per heavy atom. The van der Waals surface area contributed by atoms with Gasteiger partial charge < -0.3 is 5.11 Å². The molecule has 1 atom stereocenters. The standard InChI is InChI=1S/C9H17BrO2/c1-2-3-4-5-6-8(10)7-9(11)12/h8H,2-7H2,1H3,(H,11,12). The minimum atomic E-state index is -0.715. The normalized spacial score (nSPS) is 12.8. The summed E-state index contributed by atoms with van der Waals surface area (Å²) in [5.74, 6) is -0.715. The van der Waals surface area contributed by atoms with E-state index in [4.69, 9.17) is 5.11 Å². The summed E-state index contributed by atoms with van der Waals surface area (Å²) in [7, 11) is 0. The fourth-order valence-corrected chi connectivity index (χ4v) is 1.68. The number of alkyl halides is 1. The van der Waals surface area contributed by atoms with E-state index >= 15 is 0 Å². The van der Waals surface area contributed by atoms with Crippen LogP contribution in [0.3, 0.4) is 0 Å². The lowest BCUT2D eigenvalue weighted by Gasteiger charge is -2.05.